The van der Waals surface area contributed by atoms with Crippen LogP contribution in [0.3, 0.4) is 0 Å². The molecule has 0 aliphatic rings. The molecule has 0 heterocycles. The Morgan fingerprint density at radius 2 is 1.68 bits per heavy atom. The van der Waals surface area contributed by atoms with E-state index < -0.39 is 10.0 Å². The Balaban J connectivity index is 2.96. The first kappa shape index (κ1) is 17.1. The summed E-state index contributed by atoms with van der Waals surface area (Å²) < 4.78 is 27.0. The van der Waals surface area contributed by atoms with Gasteiger partial charge in [-0.3, -0.25) is 0 Å². The molecule has 0 fully saturated rings. The average Bonchev–Trinajstić information content (AvgIpc) is 2.25. The molecule has 0 saturated carbocycles. The molecule has 1 aromatic carbocycles. The Kier molecular flexibility index (Phi) is 6.40. The maximum Gasteiger partial charge on any atom is 0.240 e. The van der Waals surface area contributed by atoms with Crippen molar-refractivity contribution in [2.75, 3.05) is 5.88 Å². The van der Waals surface area contributed by atoms with E-state index in [-0.39, 0.29) is 26.9 Å². The zero-order valence-electron chi connectivity index (χ0n) is 10.7. The molecule has 0 radical (unpaired) electrons. The highest BCUT2D eigenvalue weighted by Crippen LogP contribution is 2.22. The van der Waals surface area contributed by atoms with Crippen LogP contribution in [0.5, 0.6) is 0 Å². The predicted molar refractivity (Wildman–Crippen MR) is 80.7 cm³/mol. The first-order valence-electron chi connectivity index (χ1n) is 5.79. The third-order valence-corrected chi connectivity index (χ3v) is 4.72. The van der Waals surface area contributed by atoms with E-state index in [2.05, 4.69) is 4.72 Å². The monoisotopic (exact) mass is 343 g/mol. The number of sulfonamides is 1. The Hall–Kier alpha value is -0.000000000000000111. The molecule has 19 heavy (non-hydrogen) atoms. The van der Waals surface area contributed by atoms with E-state index >= 15 is 0 Å². The number of hydrogen-bond acceptors (Lipinski definition) is 2. The van der Waals surface area contributed by atoms with Crippen LogP contribution in [0.1, 0.15) is 20.3 Å². The molecule has 0 amide bonds. The second-order valence-electron chi connectivity index (χ2n) is 4.71. The molecule has 0 saturated heterocycles. The Morgan fingerprint density at radius 1 is 1.16 bits per heavy atom. The molecule has 1 aromatic rings. The summed E-state index contributed by atoms with van der Waals surface area (Å²) in [6.07, 6.45) is 0.664. The van der Waals surface area contributed by atoms with E-state index in [0.29, 0.717) is 12.3 Å². The van der Waals surface area contributed by atoms with Gasteiger partial charge in [0.05, 0.1) is 4.90 Å². The Bertz CT molecular complexity index is 512. The van der Waals surface area contributed by atoms with Crippen LogP contribution in [-0.4, -0.2) is 20.3 Å². The summed E-state index contributed by atoms with van der Waals surface area (Å²) >= 11 is 17.4. The van der Waals surface area contributed by atoms with Gasteiger partial charge >= 0.3 is 0 Å². The smallest absolute Gasteiger partial charge is 0.207 e. The van der Waals surface area contributed by atoms with E-state index in [0.717, 1.165) is 0 Å². The van der Waals surface area contributed by atoms with Gasteiger partial charge in [0, 0.05) is 22.0 Å². The largest absolute Gasteiger partial charge is 0.240 e. The van der Waals surface area contributed by atoms with Gasteiger partial charge in [-0.25, -0.2) is 13.1 Å². The highest BCUT2D eigenvalue weighted by Gasteiger charge is 2.21. The minimum absolute atomic E-state index is 0.0453. The van der Waals surface area contributed by atoms with Crippen LogP contribution in [0.15, 0.2) is 23.1 Å². The molecule has 0 aliphatic heterocycles. The highest BCUT2D eigenvalue weighted by atomic mass is 35.5. The lowest BCUT2D eigenvalue weighted by Crippen LogP contribution is -2.37. The predicted octanol–water partition coefficient (Wildman–Crippen LogP) is 3.93. The van der Waals surface area contributed by atoms with Crippen molar-refractivity contribution in [2.45, 2.75) is 31.2 Å². The van der Waals surface area contributed by atoms with Crippen LogP contribution in [0.25, 0.3) is 0 Å². The number of nitrogens with one attached hydrogen (secondary N) is 1. The SMILES string of the molecule is CC(C)CC(CCl)NS(=O)(=O)c1cc(Cl)cc(Cl)c1. The molecule has 1 rings (SSSR count). The van der Waals surface area contributed by atoms with Gasteiger partial charge in [0.25, 0.3) is 0 Å². The topological polar surface area (TPSA) is 46.2 Å². The molecular formula is C12H16Cl3NO2S. The standard InChI is InChI=1S/C12H16Cl3NO2S/c1-8(2)3-11(7-13)16-19(17,18)12-5-9(14)4-10(15)6-12/h4-6,8,11,16H,3,7H2,1-2H3. The Morgan fingerprint density at radius 3 is 2.11 bits per heavy atom. The van der Waals surface area contributed by atoms with Crippen molar-refractivity contribution in [1.29, 1.82) is 0 Å². The van der Waals surface area contributed by atoms with Crippen LogP contribution in [-0.2, 0) is 10.0 Å². The van der Waals surface area contributed by atoms with Crippen LogP contribution in [0.2, 0.25) is 10.0 Å². The summed E-state index contributed by atoms with van der Waals surface area (Å²) in [5.74, 6) is 0.556. The lowest BCUT2D eigenvalue weighted by molar-refractivity contribution is 0.485. The minimum Gasteiger partial charge on any atom is -0.207 e. The third kappa shape index (κ3) is 5.48. The van der Waals surface area contributed by atoms with Crippen LogP contribution in [0, 0.1) is 5.92 Å². The maximum atomic E-state index is 12.2. The number of alkyl halides is 1. The lowest BCUT2D eigenvalue weighted by atomic mass is 10.1. The second-order valence-corrected chi connectivity index (χ2v) is 7.60. The van der Waals surface area contributed by atoms with Crippen molar-refractivity contribution in [3.8, 4) is 0 Å². The summed E-state index contributed by atoms with van der Waals surface area (Å²) in [7, 11) is -3.67. The molecule has 0 aromatic heterocycles. The zero-order valence-corrected chi connectivity index (χ0v) is 13.7. The van der Waals surface area contributed by atoms with Crippen molar-refractivity contribution in [3.63, 3.8) is 0 Å². The summed E-state index contributed by atoms with van der Waals surface area (Å²) in [6, 6.07) is 3.88. The molecule has 0 spiro atoms. The molecule has 3 nitrogen and oxygen atoms in total. The summed E-state index contributed by atoms with van der Waals surface area (Å²) in [5, 5.41) is 0.554. The normalized spacial score (nSPS) is 13.8. The van der Waals surface area contributed by atoms with Gasteiger partial charge in [-0.15, -0.1) is 11.6 Å². The quantitative estimate of drug-likeness (QED) is 0.795. The van der Waals surface area contributed by atoms with Gasteiger partial charge in [-0.05, 0) is 30.5 Å². The molecule has 1 atom stereocenters. The van der Waals surface area contributed by atoms with Gasteiger partial charge in [-0.2, -0.15) is 0 Å². The van der Waals surface area contributed by atoms with Crippen molar-refractivity contribution in [3.05, 3.63) is 28.2 Å². The Labute approximate surface area is 129 Å². The average molecular weight is 345 g/mol. The number of benzene rings is 1. The molecule has 0 bridgehead atoms. The second kappa shape index (κ2) is 7.14. The molecule has 1 N–H and O–H groups in total. The van der Waals surface area contributed by atoms with E-state index in [4.69, 9.17) is 34.8 Å². The van der Waals surface area contributed by atoms with Gasteiger partial charge < -0.3 is 0 Å². The van der Waals surface area contributed by atoms with Gasteiger partial charge in [0.15, 0.2) is 0 Å². The van der Waals surface area contributed by atoms with Crippen LogP contribution < -0.4 is 4.72 Å². The van der Waals surface area contributed by atoms with Crippen LogP contribution in [0.4, 0.5) is 0 Å². The third-order valence-electron chi connectivity index (χ3n) is 2.41. The highest BCUT2D eigenvalue weighted by molar-refractivity contribution is 7.89. The van der Waals surface area contributed by atoms with E-state index in [1.807, 2.05) is 13.8 Å². The van der Waals surface area contributed by atoms with Crippen molar-refractivity contribution >= 4 is 44.8 Å². The molecule has 108 valence electrons. The number of halogens is 3. The summed E-state index contributed by atoms with van der Waals surface area (Å²) in [4.78, 5) is 0.0453. The van der Waals surface area contributed by atoms with Gasteiger partial charge in [-0.1, -0.05) is 37.0 Å². The van der Waals surface area contributed by atoms with Crippen molar-refractivity contribution in [1.82, 2.24) is 4.72 Å². The summed E-state index contributed by atoms with van der Waals surface area (Å²) in [6.45, 7) is 4.01. The lowest BCUT2D eigenvalue weighted by Gasteiger charge is -2.18. The van der Waals surface area contributed by atoms with Crippen molar-refractivity contribution in [2.24, 2.45) is 5.92 Å². The molecule has 1 unspecified atom stereocenters. The number of rotatable bonds is 6. The van der Waals surface area contributed by atoms with E-state index in [1.54, 1.807) is 0 Å². The van der Waals surface area contributed by atoms with E-state index in [9.17, 15) is 8.42 Å². The van der Waals surface area contributed by atoms with Gasteiger partial charge in [0.2, 0.25) is 10.0 Å². The summed E-state index contributed by atoms with van der Waals surface area (Å²) in [5.41, 5.74) is 0. The maximum absolute atomic E-state index is 12.2. The first-order valence-corrected chi connectivity index (χ1v) is 8.56. The van der Waals surface area contributed by atoms with Gasteiger partial charge in [0.1, 0.15) is 0 Å². The van der Waals surface area contributed by atoms with Crippen LogP contribution >= 0.6 is 34.8 Å². The fraction of sp³-hybridized carbons (Fsp3) is 0.500. The zero-order chi connectivity index (χ0) is 14.6. The number of hydrogen-bond donors (Lipinski definition) is 1. The van der Waals surface area contributed by atoms with Crippen molar-refractivity contribution < 1.29 is 8.42 Å². The fourth-order valence-corrected chi connectivity index (χ4v) is 3.95. The molecule has 0 aliphatic carbocycles. The fourth-order valence-electron chi connectivity index (χ4n) is 1.68. The molecular weight excluding hydrogens is 329 g/mol. The minimum atomic E-state index is -3.67. The first-order chi connectivity index (χ1) is 8.74. The van der Waals surface area contributed by atoms with E-state index in [1.165, 1.54) is 18.2 Å². The molecule has 7 heteroatoms.